The van der Waals surface area contributed by atoms with Crippen LogP contribution in [-0.2, 0) is 14.3 Å². The average molecular weight is 338 g/mol. The first-order valence-electron chi connectivity index (χ1n) is 6.93. The van der Waals surface area contributed by atoms with Crippen molar-refractivity contribution in [3.63, 3.8) is 0 Å². The fraction of sp³-hybridized carbons (Fsp3) is 0.312. The SMILES string of the molecule is CN(CCC#N)C(=O)COC(=O)/C=C/c1ccc(OC(F)F)cc1. The molecule has 6 nitrogen and oxygen atoms in total. The number of benzene rings is 1. The number of carbonyl (C=O) groups excluding carboxylic acids is 2. The van der Waals surface area contributed by atoms with E-state index in [1.807, 2.05) is 6.07 Å². The Kier molecular flexibility index (Phi) is 7.91. The minimum Gasteiger partial charge on any atom is -0.452 e. The highest BCUT2D eigenvalue weighted by atomic mass is 19.3. The van der Waals surface area contributed by atoms with E-state index in [1.54, 1.807) is 0 Å². The minimum absolute atomic E-state index is 0.00993. The molecule has 0 aliphatic heterocycles. The number of alkyl halides is 2. The van der Waals surface area contributed by atoms with Gasteiger partial charge < -0.3 is 14.4 Å². The summed E-state index contributed by atoms with van der Waals surface area (Å²) < 4.78 is 33.0. The molecule has 0 aliphatic carbocycles. The summed E-state index contributed by atoms with van der Waals surface area (Å²) in [5, 5.41) is 8.43. The van der Waals surface area contributed by atoms with Gasteiger partial charge in [-0.2, -0.15) is 14.0 Å². The molecule has 0 fully saturated rings. The summed E-state index contributed by atoms with van der Waals surface area (Å²) in [6, 6.07) is 7.56. The Labute approximate surface area is 137 Å². The second-order valence-corrected chi connectivity index (χ2v) is 4.61. The molecule has 0 N–H and O–H groups in total. The molecule has 1 amide bonds. The van der Waals surface area contributed by atoms with Gasteiger partial charge >= 0.3 is 12.6 Å². The molecule has 24 heavy (non-hydrogen) atoms. The summed E-state index contributed by atoms with van der Waals surface area (Å²) >= 11 is 0. The Balaban J connectivity index is 2.43. The van der Waals surface area contributed by atoms with Gasteiger partial charge in [-0.25, -0.2) is 4.79 Å². The number of esters is 1. The molecule has 0 saturated carbocycles. The predicted molar refractivity (Wildman–Crippen MR) is 80.9 cm³/mol. The van der Waals surface area contributed by atoms with E-state index >= 15 is 0 Å². The summed E-state index contributed by atoms with van der Waals surface area (Å²) in [6.07, 6.45) is 2.73. The molecule has 0 aromatic heterocycles. The van der Waals surface area contributed by atoms with E-state index in [0.717, 1.165) is 6.08 Å². The fourth-order valence-electron chi connectivity index (χ4n) is 1.56. The summed E-state index contributed by atoms with van der Waals surface area (Å²) in [5.41, 5.74) is 0.575. The van der Waals surface area contributed by atoms with Gasteiger partial charge in [-0.15, -0.1) is 0 Å². The molecule has 128 valence electrons. The second kappa shape index (κ2) is 9.94. The van der Waals surface area contributed by atoms with Crippen LogP contribution in [0.5, 0.6) is 5.75 Å². The number of carbonyl (C=O) groups is 2. The van der Waals surface area contributed by atoms with Crippen LogP contribution in [-0.4, -0.2) is 43.6 Å². The van der Waals surface area contributed by atoms with Crippen LogP contribution in [0.25, 0.3) is 6.08 Å². The third-order valence-electron chi connectivity index (χ3n) is 2.84. The number of ether oxygens (including phenoxy) is 2. The third-order valence-corrected chi connectivity index (χ3v) is 2.84. The third kappa shape index (κ3) is 7.35. The van der Waals surface area contributed by atoms with E-state index in [9.17, 15) is 18.4 Å². The molecule has 0 saturated heterocycles. The van der Waals surface area contributed by atoms with Crippen LogP contribution in [0.15, 0.2) is 30.3 Å². The zero-order chi connectivity index (χ0) is 17.9. The first-order valence-corrected chi connectivity index (χ1v) is 6.93. The number of likely N-dealkylation sites (N-methyl/N-ethyl adjacent to an activating group) is 1. The van der Waals surface area contributed by atoms with Crippen molar-refractivity contribution in [3.8, 4) is 11.8 Å². The van der Waals surface area contributed by atoms with Gasteiger partial charge in [0.25, 0.3) is 5.91 Å². The summed E-state index contributed by atoms with van der Waals surface area (Å²) in [6.45, 7) is -3.06. The van der Waals surface area contributed by atoms with Gasteiger partial charge in [0, 0.05) is 19.7 Å². The monoisotopic (exact) mass is 338 g/mol. The molecule has 1 aromatic rings. The second-order valence-electron chi connectivity index (χ2n) is 4.61. The van der Waals surface area contributed by atoms with Crippen LogP contribution < -0.4 is 4.74 Å². The highest BCUT2D eigenvalue weighted by molar-refractivity contribution is 5.89. The van der Waals surface area contributed by atoms with E-state index < -0.39 is 25.1 Å². The first-order chi connectivity index (χ1) is 11.4. The topological polar surface area (TPSA) is 79.6 Å². The van der Waals surface area contributed by atoms with Crippen molar-refractivity contribution in [2.24, 2.45) is 0 Å². The van der Waals surface area contributed by atoms with Crippen molar-refractivity contribution in [3.05, 3.63) is 35.9 Å². The van der Waals surface area contributed by atoms with E-state index in [1.165, 1.54) is 42.3 Å². The number of nitrogens with zero attached hydrogens (tertiary/aromatic N) is 2. The Bertz CT molecular complexity index is 624. The Morgan fingerprint density at radius 3 is 2.58 bits per heavy atom. The minimum atomic E-state index is -2.90. The van der Waals surface area contributed by atoms with Gasteiger partial charge in [0.15, 0.2) is 6.61 Å². The van der Waals surface area contributed by atoms with Gasteiger partial charge in [-0.3, -0.25) is 4.79 Å². The molecule has 0 atom stereocenters. The highest BCUT2D eigenvalue weighted by Crippen LogP contribution is 2.15. The number of hydrogen-bond acceptors (Lipinski definition) is 5. The lowest BCUT2D eigenvalue weighted by molar-refractivity contribution is -0.147. The molecule has 0 spiro atoms. The standard InChI is InChI=1S/C16H16F2N2O4/c1-20(10-2-9-19)14(21)11-23-15(22)8-5-12-3-6-13(7-4-12)24-16(17)18/h3-8,16H,2,10-11H2,1H3/b8-5+. The molecule has 8 heteroatoms. The predicted octanol–water partition coefficient (Wildman–Crippen LogP) is 2.22. The smallest absolute Gasteiger partial charge is 0.387 e. The van der Waals surface area contributed by atoms with E-state index in [4.69, 9.17) is 10.00 Å². The number of rotatable bonds is 8. The van der Waals surface area contributed by atoms with Crippen LogP contribution in [0.2, 0.25) is 0 Å². The summed E-state index contributed by atoms with van der Waals surface area (Å²) in [5.74, 6) is -1.12. The maximum absolute atomic E-state index is 12.0. The first kappa shape index (κ1) is 19.1. The van der Waals surface area contributed by atoms with Crippen LogP contribution in [0.4, 0.5) is 8.78 Å². The van der Waals surface area contributed by atoms with Crippen molar-refractivity contribution < 1.29 is 27.8 Å². The van der Waals surface area contributed by atoms with Crippen LogP contribution in [0.1, 0.15) is 12.0 Å². The van der Waals surface area contributed by atoms with Crippen molar-refractivity contribution in [2.45, 2.75) is 13.0 Å². The molecule has 0 aliphatic rings. The largest absolute Gasteiger partial charge is 0.452 e. The normalized spacial score (nSPS) is 10.5. The van der Waals surface area contributed by atoms with Crippen molar-refractivity contribution in [1.82, 2.24) is 4.90 Å². The number of nitriles is 1. The molecule has 0 heterocycles. The maximum atomic E-state index is 12.0. The Morgan fingerprint density at radius 2 is 2.00 bits per heavy atom. The summed E-state index contributed by atoms with van der Waals surface area (Å²) in [4.78, 5) is 24.4. The zero-order valence-corrected chi connectivity index (χ0v) is 12.9. The number of hydrogen-bond donors (Lipinski definition) is 0. The van der Waals surface area contributed by atoms with Gasteiger partial charge in [-0.1, -0.05) is 12.1 Å². The van der Waals surface area contributed by atoms with E-state index in [0.29, 0.717) is 5.56 Å². The molecule has 0 radical (unpaired) electrons. The van der Waals surface area contributed by atoms with Gasteiger partial charge in [0.1, 0.15) is 5.75 Å². The van der Waals surface area contributed by atoms with Crippen LogP contribution in [0, 0.1) is 11.3 Å². The molecule has 0 bridgehead atoms. The Morgan fingerprint density at radius 1 is 1.33 bits per heavy atom. The van der Waals surface area contributed by atoms with E-state index in [2.05, 4.69) is 4.74 Å². The fourth-order valence-corrected chi connectivity index (χ4v) is 1.56. The van der Waals surface area contributed by atoms with E-state index in [-0.39, 0.29) is 18.7 Å². The van der Waals surface area contributed by atoms with Crippen molar-refractivity contribution in [1.29, 1.82) is 5.26 Å². The molecule has 1 rings (SSSR count). The lowest BCUT2D eigenvalue weighted by Gasteiger charge is -2.14. The number of halogens is 2. The average Bonchev–Trinajstić information content (AvgIpc) is 2.56. The van der Waals surface area contributed by atoms with Gasteiger partial charge in [0.05, 0.1) is 12.5 Å². The van der Waals surface area contributed by atoms with Crippen molar-refractivity contribution in [2.75, 3.05) is 20.2 Å². The molecular weight excluding hydrogens is 322 g/mol. The Hall–Kier alpha value is -2.95. The van der Waals surface area contributed by atoms with Gasteiger partial charge in [0.2, 0.25) is 0 Å². The zero-order valence-electron chi connectivity index (χ0n) is 12.9. The number of amides is 1. The highest BCUT2D eigenvalue weighted by Gasteiger charge is 2.10. The maximum Gasteiger partial charge on any atom is 0.387 e. The molecule has 0 unspecified atom stereocenters. The quantitative estimate of drug-likeness (QED) is 0.536. The lowest BCUT2D eigenvalue weighted by atomic mass is 10.2. The lowest BCUT2D eigenvalue weighted by Crippen LogP contribution is -2.31. The van der Waals surface area contributed by atoms with Gasteiger partial charge in [-0.05, 0) is 23.8 Å². The van der Waals surface area contributed by atoms with Crippen LogP contribution >= 0.6 is 0 Å². The molecular formula is C16H16F2N2O4. The summed E-state index contributed by atoms with van der Waals surface area (Å²) in [7, 11) is 1.51. The van der Waals surface area contributed by atoms with Crippen LogP contribution in [0.3, 0.4) is 0 Å². The molecule has 1 aromatic carbocycles. The van der Waals surface area contributed by atoms with Crippen molar-refractivity contribution >= 4 is 18.0 Å².